The highest BCUT2D eigenvalue weighted by atomic mass is 32.2. The van der Waals surface area contributed by atoms with Gasteiger partial charge in [0.15, 0.2) is 9.84 Å². The molecule has 19 heavy (non-hydrogen) atoms. The topological polar surface area (TPSA) is 64.0 Å². The second kappa shape index (κ2) is 4.61. The second-order valence-corrected chi connectivity index (χ2v) is 7.29. The SMILES string of the molecule is Cn1c(CNC2CCS(=O)(=O)C2)nc2ccccc21. The van der Waals surface area contributed by atoms with Crippen LogP contribution in [0.15, 0.2) is 24.3 Å². The molecule has 1 N–H and O–H groups in total. The third kappa shape index (κ3) is 2.50. The Morgan fingerprint density at radius 3 is 2.89 bits per heavy atom. The Bertz CT molecular complexity index is 706. The normalized spacial score (nSPS) is 22.1. The summed E-state index contributed by atoms with van der Waals surface area (Å²) in [4.78, 5) is 4.56. The van der Waals surface area contributed by atoms with Crippen molar-refractivity contribution in [1.82, 2.24) is 14.9 Å². The van der Waals surface area contributed by atoms with E-state index >= 15 is 0 Å². The fourth-order valence-corrected chi connectivity index (χ4v) is 4.25. The van der Waals surface area contributed by atoms with E-state index < -0.39 is 9.84 Å². The Hall–Kier alpha value is -1.40. The zero-order valence-electron chi connectivity index (χ0n) is 10.8. The number of sulfone groups is 1. The van der Waals surface area contributed by atoms with Crippen molar-refractivity contribution in [2.75, 3.05) is 11.5 Å². The Balaban J connectivity index is 1.74. The van der Waals surface area contributed by atoms with Gasteiger partial charge >= 0.3 is 0 Å². The monoisotopic (exact) mass is 279 g/mol. The van der Waals surface area contributed by atoms with E-state index in [9.17, 15) is 8.42 Å². The molecular weight excluding hydrogens is 262 g/mol. The van der Waals surface area contributed by atoms with E-state index in [-0.39, 0.29) is 11.8 Å². The lowest BCUT2D eigenvalue weighted by atomic mass is 10.2. The predicted molar refractivity (Wildman–Crippen MR) is 74.6 cm³/mol. The van der Waals surface area contributed by atoms with Crippen LogP contribution in [0.4, 0.5) is 0 Å². The third-order valence-corrected chi connectivity index (χ3v) is 5.43. The molecule has 3 rings (SSSR count). The van der Waals surface area contributed by atoms with Gasteiger partial charge in [-0.25, -0.2) is 13.4 Å². The van der Waals surface area contributed by atoms with Gasteiger partial charge in [-0.3, -0.25) is 0 Å². The maximum absolute atomic E-state index is 11.4. The highest BCUT2D eigenvalue weighted by Crippen LogP contribution is 2.15. The van der Waals surface area contributed by atoms with Crippen LogP contribution < -0.4 is 5.32 Å². The summed E-state index contributed by atoms with van der Waals surface area (Å²) in [5, 5.41) is 3.29. The van der Waals surface area contributed by atoms with E-state index in [1.165, 1.54) is 0 Å². The van der Waals surface area contributed by atoms with Gasteiger partial charge < -0.3 is 9.88 Å². The van der Waals surface area contributed by atoms with E-state index in [0.717, 1.165) is 16.9 Å². The molecule has 1 atom stereocenters. The summed E-state index contributed by atoms with van der Waals surface area (Å²) in [6, 6.07) is 8.04. The highest BCUT2D eigenvalue weighted by molar-refractivity contribution is 7.91. The van der Waals surface area contributed by atoms with Crippen molar-refractivity contribution < 1.29 is 8.42 Å². The molecule has 0 spiro atoms. The number of hydrogen-bond acceptors (Lipinski definition) is 4. The number of aryl methyl sites for hydroxylation is 1. The van der Waals surface area contributed by atoms with Crippen molar-refractivity contribution >= 4 is 20.9 Å². The van der Waals surface area contributed by atoms with E-state index in [0.29, 0.717) is 18.7 Å². The summed E-state index contributed by atoms with van der Waals surface area (Å²) < 4.78 is 24.8. The number of fused-ring (bicyclic) bond motifs is 1. The van der Waals surface area contributed by atoms with Gasteiger partial charge in [0.2, 0.25) is 0 Å². The first-order valence-corrected chi connectivity index (χ1v) is 8.21. The Labute approximate surface area is 112 Å². The first-order chi connectivity index (χ1) is 9.05. The molecule has 1 unspecified atom stereocenters. The van der Waals surface area contributed by atoms with Crippen molar-refractivity contribution in [2.24, 2.45) is 7.05 Å². The lowest BCUT2D eigenvalue weighted by molar-refractivity contribution is 0.535. The molecule has 1 aromatic carbocycles. The standard InChI is InChI=1S/C13H17N3O2S/c1-16-12-5-3-2-4-11(12)15-13(16)8-14-10-6-7-19(17,18)9-10/h2-5,10,14H,6-9H2,1H3. The van der Waals surface area contributed by atoms with Gasteiger partial charge in [-0.15, -0.1) is 0 Å². The fourth-order valence-electron chi connectivity index (χ4n) is 2.55. The minimum absolute atomic E-state index is 0.0600. The van der Waals surface area contributed by atoms with Crippen molar-refractivity contribution in [1.29, 1.82) is 0 Å². The van der Waals surface area contributed by atoms with Crippen molar-refractivity contribution in [3.05, 3.63) is 30.1 Å². The van der Waals surface area contributed by atoms with E-state index in [2.05, 4.69) is 10.3 Å². The molecule has 0 radical (unpaired) electrons. The first-order valence-electron chi connectivity index (χ1n) is 6.39. The summed E-state index contributed by atoms with van der Waals surface area (Å²) in [5.74, 6) is 1.48. The molecule has 1 aromatic heterocycles. The second-order valence-electron chi connectivity index (χ2n) is 5.06. The van der Waals surface area contributed by atoms with Crippen LogP contribution in [-0.2, 0) is 23.4 Å². The maximum Gasteiger partial charge on any atom is 0.151 e. The summed E-state index contributed by atoms with van der Waals surface area (Å²) in [6.07, 6.45) is 0.701. The van der Waals surface area contributed by atoms with Crippen LogP contribution in [0.3, 0.4) is 0 Å². The summed E-state index contributed by atoms with van der Waals surface area (Å²) in [7, 11) is -0.840. The van der Waals surface area contributed by atoms with Crippen LogP contribution in [0.2, 0.25) is 0 Å². The van der Waals surface area contributed by atoms with Crippen LogP contribution in [0.1, 0.15) is 12.2 Å². The molecule has 2 heterocycles. The summed E-state index contributed by atoms with van der Waals surface area (Å²) in [6.45, 7) is 0.603. The van der Waals surface area contributed by atoms with Crippen LogP contribution >= 0.6 is 0 Å². The average Bonchev–Trinajstić information content (AvgIpc) is 2.88. The van der Waals surface area contributed by atoms with Crippen molar-refractivity contribution in [2.45, 2.75) is 19.0 Å². The molecule has 0 aliphatic carbocycles. The Morgan fingerprint density at radius 2 is 2.21 bits per heavy atom. The van der Waals surface area contributed by atoms with Crippen LogP contribution in [-0.4, -0.2) is 35.5 Å². The van der Waals surface area contributed by atoms with Crippen LogP contribution in [0.5, 0.6) is 0 Å². The molecule has 102 valence electrons. The number of benzene rings is 1. The Morgan fingerprint density at radius 1 is 1.42 bits per heavy atom. The molecule has 0 saturated carbocycles. The molecule has 1 aliphatic rings. The number of nitrogens with one attached hydrogen (secondary N) is 1. The van der Waals surface area contributed by atoms with E-state index in [1.807, 2.05) is 35.9 Å². The van der Waals surface area contributed by atoms with Crippen LogP contribution in [0.25, 0.3) is 11.0 Å². The van der Waals surface area contributed by atoms with Gasteiger partial charge in [0.1, 0.15) is 5.82 Å². The van der Waals surface area contributed by atoms with Crippen LogP contribution in [0, 0.1) is 0 Å². The number of aromatic nitrogens is 2. The lowest BCUT2D eigenvalue weighted by Gasteiger charge is -2.10. The predicted octanol–water partition coefficient (Wildman–Crippen LogP) is 0.850. The zero-order chi connectivity index (χ0) is 13.5. The average molecular weight is 279 g/mol. The molecule has 0 amide bonds. The quantitative estimate of drug-likeness (QED) is 0.904. The maximum atomic E-state index is 11.4. The number of nitrogens with zero attached hydrogens (tertiary/aromatic N) is 2. The van der Waals surface area contributed by atoms with Gasteiger partial charge in [0, 0.05) is 13.1 Å². The smallest absolute Gasteiger partial charge is 0.151 e. The molecule has 5 nitrogen and oxygen atoms in total. The highest BCUT2D eigenvalue weighted by Gasteiger charge is 2.27. The first kappa shape index (κ1) is 12.6. The number of rotatable bonds is 3. The Kier molecular flexibility index (Phi) is 3.06. The molecular formula is C13H17N3O2S. The molecule has 6 heteroatoms. The van der Waals surface area contributed by atoms with Gasteiger partial charge in [0.25, 0.3) is 0 Å². The number of para-hydroxylation sites is 2. The molecule has 0 bridgehead atoms. The minimum atomic E-state index is -2.82. The zero-order valence-corrected chi connectivity index (χ0v) is 11.7. The van der Waals surface area contributed by atoms with E-state index in [1.54, 1.807) is 0 Å². The summed E-state index contributed by atoms with van der Waals surface area (Å²) >= 11 is 0. The fraction of sp³-hybridized carbons (Fsp3) is 0.462. The number of hydrogen-bond donors (Lipinski definition) is 1. The lowest BCUT2D eigenvalue weighted by Crippen LogP contribution is -2.30. The minimum Gasteiger partial charge on any atom is -0.330 e. The summed E-state index contributed by atoms with van der Waals surface area (Å²) in [5.41, 5.74) is 2.07. The van der Waals surface area contributed by atoms with Gasteiger partial charge in [-0.2, -0.15) is 0 Å². The molecule has 1 saturated heterocycles. The molecule has 2 aromatic rings. The largest absolute Gasteiger partial charge is 0.330 e. The van der Waals surface area contributed by atoms with Gasteiger partial charge in [0.05, 0.1) is 29.1 Å². The number of imidazole rings is 1. The van der Waals surface area contributed by atoms with Gasteiger partial charge in [-0.1, -0.05) is 12.1 Å². The van der Waals surface area contributed by atoms with Gasteiger partial charge in [-0.05, 0) is 18.6 Å². The van der Waals surface area contributed by atoms with Crippen molar-refractivity contribution in [3.8, 4) is 0 Å². The van der Waals surface area contributed by atoms with Crippen molar-refractivity contribution in [3.63, 3.8) is 0 Å². The molecule has 1 aliphatic heterocycles. The third-order valence-electron chi connectivity index (χ3n) is 3.66. The van der Waals surface area contributed by atoms with E-state index in [4.69, 9.17) is 0 Å². The molecule has 1 fully saturated rings.